The molecule has 0 saturated carbocycles. The molecule has 156 valence electrons. The number of hydrogen-bond donors (Lipinski definition) is 2. The second kappa shape index (κ2) is 9.39. The van der Waals surface area contributed by atoms with Gasteiger partial charge in [0.2, 0.25) is 11.5 Å². The number of nitrogens with zero attached hydrogens (tertiary/aromatic N) is 1. The zero-order valence-corrected chi connectivity index (χ0v) is 16.4. The maximum Gasteiger partial charge on any atom is 0.327 e. The molecule has 2 aromatic carbocycles. The van der Waals surface area contributed by atoms with Crippen molar-refractivity contribution in [2.75, 3.05) is 27.9 Å². The lowest BCUT2D eigenvalue weighted by atomic mass is 10.1. The second-order valence-corrected chi connectivity index (χ2v) is 6.11. The summed E-state index contributed by atoms with van der Waals surface area (Å²) in [6, 6.07) is 4.82. The molecule has 2 aromatic rings. The largest absolute Gasteiger partial charge is 0.493 e. The van der Waals surface area contributed by atoms with E-state index in [0.717, 1.165) is 12.1 Å². The summed E-state index contributed by atoms with van der Waals surface area (Å²) in [5.41, 5.74) is -0.819. The highest BCUT2D eigenvalue weighted by molar-refractivity contribution is 6.30. The van der Waals surface area contributed by atoms with Crippen LogP contribution < -0.4 is 19.5 Å². The van der Waals surface area contributed by atoms with Crippen molar-refractivity contribution in [2.45, 2.75) is 6.10 Å². The third-order valence-corrected chi connectivity index (χ3v) is 4.32. The van der Waals surface area contributed by atoms with E-state index in [1.54, 1.807) is 0 Å². The second-order valence-electron chi connectivity index (χ2n) is 5.70. The highest BCUT2D eigenvalue weighted by Crippen LogP contribution is 2.46. The van der Waals surface area contributed by atoms with Crippen LogP contribution in [-0.4, -0.2) is 43.8 Å². The van der Waals surface area contributed by atoms with Gasteiger partial charge in [-0.2, -0.15) is 0 Å². The van der Waals surface area contributed by atoms with Crippen LogP contribution in [0.2, 0.25) is 5.02 Å². The Kier molecular flexibility index (Phi) is 7.18. The van der Waals surface area contributed by atoms with Gasteiger partial charge in [0.1, 0.15) is 11.4 Å². The first-order chi connectivity index (χ1) is 13.7. The van der Waals surface area contributed by atoms with E-state index in [2.05, 4.69) is 5.32 Å². The van der Waals surface area contributed by atoms with E-state index in [9.17, 15) is 24.4 Å². The fourth-order valence-electron chi connectivity index (χ4n) is 2.62. The number of amides is 1. The van der Waals surface area contributed by atoms with Crippen LogP contribution in [0.25, 0.3) is 0 Å². The van der Waals surface area contributed by atoms with Gasteiger partial charge in [-0.05, 0) is 17.7 Å². The van der Waals surface area contributed by atoms with Gasteiger partial charge in [-0.1, -0.05) is 17.7 Å². The molecule has 29 heavy (non-hydrogen) atoms. The maximum absolute atomic E-state index is 13.5. The minimum Gasteiger partial charge on any atom is -0.493 e. The van der Waals surface area contributed by atoms with Crippen molar-refractivity contribution in [3.05, 3.63) is 56.3 Å². The number of aliphatic hydroxyl groups is 1. The normalized spacial score (nSPS) is 11.5. The summed E-state index contributed by atoms with van der Waals surface area (Å²) < 4.78 is 28.8. The van der Waals surface area contributed by atoms with Crippen LogP contribution in [0.15, 0.2) is 24.3 Å². The van der Waals surface area contributed by atoms with Crippen molar-refractivity contribution < 1.29 is 33.4 Å². The number of aliphatic hydroxyl groups excluding tert-OH is 1. The van der Waals surface area contributed by atoms with Gasteiger partial charge < -0.3 is 24.6 Å². The van der Waals surface area contributed by atoms with Crippen molar-refractivity contribution >= 4 is 23.2 Å². The first-order valence-corrected chi connectivity index (χ1v) is 8.51. The van der Waals surface area contributed by atoms with Crippen LogP contribution in [0.5, 0.6) is 17.2 Å². The van der Waals surface area contributed by atoms with Gasteiger partial charge in [0, 0.05) is 12.6 Å². The number of carbonyl (C=O) groups is 1. The predicted molar refractivity (Wildman–Crippen MR) is 101 cm³/mol. The summed E-state index contributed by atoms with van der Waals surface area (Å²) in [5.74, 6) is -1.89. The number of nitro benzene ring substituents is 1. The molecule has 2 N–H and O–H groups in total. The number of nitrogens with one attached hydrogen (secondary N) is 1. The highest BCUT2D eigenvalue weighted by atomic mass is 35.5. The van der Waals surface area contributed by atoms with Crippen LogP contribution in [0.1, 0.15) is 22.0 Å². The maximum atomic E-state index is 13.5. The third kappa shape index (κ3) is 4.66. The number of hydrogen-bond acceptors (Lipinski definition) is 7. The van der Waals surface area contributed by atoms with Crippen LogP contribution in [0, 0.1) is 15.9 Å². The molecule has 0 bridgehead atoms. The minimum absolute atomic E-state index is 0.0421. The summed E-state index contributed by atoms with van der Waals surface area (Å²) in [6.07, 6.45) is -1.27. The summed E-state index contributed by atoms with van der Waals surface area (Å²) in [7, 11) is 3.75. The van der Waals surface area contributed by atoms with E-state index in [0.29, 0.717) is 0 Å². The molecule has 0 aliphatic carbocycles. The molecule has 0 saturated heterocycles. The van der Waals surface area contributed by atoms with E-state index in [1.165, 1.54) is 33.5 Å². The molecule has 2 rings (SSSR count). The van der Waals surface area contributed by atoms with Gasteiger partial charge >= 0.3 is 5.69 Å². The number of methoxy groups -OCH3 is 3. The smallest absolute Gasteiger partial charge is 0.327 e. The zero-order chi connectivity index (χ0) is 21.7. The molecule has 0 aliphatic heterocycles. The Morgan fingerprint density at radius 2 is 1.90 bits per heavy atom. The molecule has 9 nitrogen and oxygen atoms in total. The Balaban J connectivity index is 2.34. The van der Waals surface area contributed by atoms with Gasteiger partial charge in [0.15, 0.2) is 5.75 Å². The molecule has 0 radical (unpaired) electrons. The molecule has 0 fully saturated rings. The average Bonchev–Trinajstić information content (AvgIpc) is 2.71. The summed E-state index contributed by atoms with van der Waals surface area (Å²) in [5, 5.41) is 24.0. The molecule has 0 unspecified atom stereocenters. The predicted octanol–water partition coefficient (Wildman–Crippen LogP) is 2.88. The van der Waals surface area contributed by atoms with Crippen LogP contribution >= 0.6 is 11.6 Å². The topological polar surface area (TPSA) is 120 Å². The zero-order valence-electron chi connectivity index (χ0n) is 15.7. The van der Waals surface area contributed by atoms with E-state index < -0.39 is 28.4 Å². The molecular weight excluding hydrogens is 411 g/mol. The SMILES string of the molecule is COc1cc(C(=O)NC[C@@H](O)c2ccc(Cl)c(F)c2)c([N+](=O)[O-])c(OC)c1OC. The third-order valence-electron chi connectivity index (χ3n) is 4.02. The fraction of sp³-hybridized carbons (Fsp3) is 0.278. The first kappa shape index (κ1) is 22.2. The molecule has 1 atom stereocenters. The number of nitro groups is 1. The quantitative estimate of drug-likeness (QED) is 0.490. The Morgan fingerprint density at radius 1 is 1.24 bits per heavy atom. The standard InChI is InChI=1S/C18H18ClFN2O7/c1-27-14-7-10(15(22(25)26)17(29-3)16(14)28-2)18(24)21-8-13(23)9-4-5-11(19)12(20)6-9/h4-7,13,23H,8H2,1-3H3,(H,21,24)/t13-/m1/s1. The van der Waals surface area contributed by atoms with Gasteiger partial charge in [0.25, 0.3) is 5.91 Å². The Morgan fingerprint density at radius 3 is 2.41 bits per heavy atom. The minimum atomic E-state index is -1.27. The fourth-order valence-corrected chi connectivity index (χ4v) is 2.74. The van der Waals surface area contributed by atoms with E-state index in [-0.39, 0.29) is 39.9 Å². The molecule has 11 heteroatoms. The van der Waals surface area contributed by atoms with Gasteiger partial charge in [-0.15, -0.1) is 0 Å². The molecule has 1 amide bonds. The molecule has 0 aromatic heterocycles. The van der Waals surface area contributed by atoms with Crippen molar-refractivity contribution in [1.29, 1.82) is 0 Å². The Hall–Kier alpha value is -3.11. The number of ether oxygens (including phenoxy) is 3. The highest BCUT2D eigenvalue weighted by Gasteiger charge is 2.32. The number of benzene rings is 2. The first-order valence-electron chi connectivity index (χ1n) is 8.13. The van der Waals surface area contributed by atoms with Crippen LogP contribution in [-0.2, 0) is 0 Å². The molecular formula is C18H18ClFN2O7. The summed E-state index contributed by atoms with van der Waals surface area (Å²) in [4.78, 5) is 23.3. The lowest BCUT2D eigenvalue weighted by Gasteiger charge is -2.16. The van der Waals surface area contributed by atoms with E-state index >= 15 is 0 Å². The van der Waals surface area contributed by atoms with Gasteiger partial charge in [-0.25, -0.2) is 4.39 Å². The molecule has 0 heterocycles. The van der Waals surface area contributed by atoms with Gasteiger partial charge in [0.05, 0.1) is 37.4 Å². The van der Waals surface area contributed by atoms with E-state index in [4.69, 9.17) is 25.8 Å². The molecule has 0 spiro atoms. The number of carbonyl (C=O) groups excluding carboxylic acids is 1. The van der Waals surface area contributed by atoms with Gasteiger partial charge in [-0.3, -0.25) is 14.9 Å². The van der Waals surface area contributed by atoms with Crippen molar-refractivity contribution in [3.63, 3.8) is 0 Å². The lowest BCUT2D eigenvalue weighted by Crippen LogP contribution is -2.29. The van der Waals surface area contributed by atoms with Crippen molar-refractivity contribution in [2.24, 2.45) is 0 Å². The van der Waals surface area contributed by atoms with Crippen LogP contribution in [0.3, 0.4) is 0 Å². The van der Waals surface area contributed by atoms with Crippen molar-refractivity contribution in [3.8, 4) is 17.2 Å². The summed E-state index contributed by atoms with van der Waals surface area (Å²) >= 11 is 5.60. The number of halogens is 2. The average molecular weight is 429 g/mol. The summed E-state index contributed by atoms with van der Waals surface area (Å²) in [6.45, 7) is -0.340. The molecule has 0 aliphatic rings. The lowest BCUT2D eigenvalue weighted by molar-refractivity contribution is -0.386. The number of rotatable bonds is 8. The van der Waals surface area contributed by atoms with Crippen molar-refractivity contribution in [1.82, 2.24) is 5.32 Å². The Labute approximate surface area is 170 Å². The Bertz CT molecular complexity index is 939. The monoisotopic (exact) mass is 428 g/mol. The van der Waals surface area contributed by atoms with E-state index in [1.807, 2.05) is 0 Å². The van der Waals surface area contributed by atoms with Crippen LogP contribution in [0.4, 0.5) is 10.1 Å².